The predicted molar refractivity (Wildman–Crippen MR) is 49.1 cm³/mol. The molecule has 6 heteroatoms. The molecular formula is C10H6FNO4. The van der Waals surface area contributed by atoms with Crippen molar-refractivity contribution in [2.45, 2.75) is 6.10 Å². The number of carboxylic acid groups (broad SMARTS) is 1. The van der Waals surface area contributed by atoms with Gasteiger partial charge in [0.15, 0.2) is 12.4 Å². The van der Waals surface area contributed by atoms with Crippen molar-refractivity contribution < 1.29 is 24.2 Å². The van der Waals surface area contributed by atoms with E-state index in [-0.39, 0.29) is 11.8 Å². The maximum atomic E-state index is 13.5. The van der Waals surface area contributed by atoms with Crippen molar-refractivity contribution in [3.8, 4) is 6.07 Å². The minimum Gasteiger partial charge on any atom is -0.479 e. The number of carbonyl (C=O) groups is 2. The van der Waals surface area contributed by atoms with Gasteiger partial charge in [0.05, 0.1) is 17.2 Å². The lowest BCUT2D eigenvalue weighted by atomic mass is 10.0. The van der Waals surface area contributed by atoms with Crippen LogP contribution in [0.5, 0.6) is 0 Å². The Morgan fingerprint density at radius 2 is 2.19 bits per heavy atom. The minimum absolute atomic E-state index is 0.103. The molecule has 1 aromatic carbocycles. The summed E-state index contributed by atoms with van der Waals surface area (Å²) in [6, 6.07) is 3.62. The van der Waals surface area contributed by atoms with Crippen LogP contribution in [0.15, 0.2) is 12.1 Å². The molecule has 5 nitrogen and oxygen atoms in total. The fraction of sp³-hybridized carbons (Fsp3) is 0.100. The maximum Gasteiger partial charge on any atom is 0.337 e. The number of halogens is 1. The maximum absolute atomic E-state index is 13.5. The molecule has 1 rings (SSSR count). The summed E-state index contributed by atoms with van der Waals surface area (Å²) in [6.45, 7) is 0. The molecule has 1 atom stereocenters. The topological polar surface area (TPSA) is 98.4 Å². The van der Waals surface area contributed by atoms with Crippen molar-refractivity contribution in [3.63, 3.8) is 0 Å². The Kier molecular flexibility index (Phi) is 3.33. The molecule has 1 unspecified atom stereocenters. The van der Waals surface area contributed by atoms with Gasteiger partial charge in [-0.1, -0.05) is 6.07 Å². The third-order valence-electron chi connectivity index (χ3n) is 1.98. The van der Waals surface area contributed by atoms with Crippen molar-refractivity contribution in [2.24, 2.45) is 0 Å². The molecule has 0 saturated heterocycles. The smallest absolute Gasteiger partial charge is 0.337 e. The van der Waals surface area contributed by atoms with Crippen LogP contribution in [0.1, 0.15) is 27.6 Å². The van der Waals surface area contributed by atoms with E-state index in [2.05, 4.69) is 0 Å². The molecule has 0 aliphatic heterocycles. The van der Waals surface area contributed by atoms with E-state index in [1.807, 2.05) is 0 Å². The number of aliphatic hydroxyl groups is 1. The lowest BCUT2D eigenvalue weighted by Gasteiger charge is -2.08. The SMILES string of the molecule is N#Cc1ccc(C(O)C(=O)O)c(F)c1C=O. The third kappa shape index (κ3) is 1.89. The first-order valence-electron chi connectivity index (χ1n) is 4.11. The molecule has 0 aliphatic rings. The molecule has 0 aliphatic carbocycles. The number of aliphatic carboxylic acids is 1. The zero-order valence-electron chi connectivity index (χ0n) is 7.85. The Morgan fingerprint density at radius 1 is 1.56 bits per heavy atom. The second-order valence-corrected chi connectivity index (χ2v) is 2.90. The van der Waals surface area contributed by atoms with E-state index in [1.54, 1.807) is 6.07 Å². The van der Waals surface area contributed by atoms with Gasteiger partial charge in [0.1, 0.15) is 5.82 Å². The zero-order valence-corrected chi connectivity index (χ0v) is 7.85. The first-order valence-corrected chi connectivity index (χ1v) is 4.11. The molecule has 0 spiro atoms. The summed E-state index contributed by atoms with van der Waals surface area (Å²) >= 11 is 0. The van der Waals surface area contributed by atoms with Gasteiger partial charge in [0, 0.05) is 5.56 Å². The Hall–Kier alpha value is -2.26. The van der Waals surface area contributed by atoms with E-state index >= 15 is 0 Å². The molecule has 0 heterocycles. The van der Waals surface area contributed by atoms with Crippen LogP contribution in [-0.2, 0) is 4.79 Å². The molecular weight excluding hydrogens is 217 g/mol. The average Bonchev–Trinajstić information content (AvgIpc) is 2.27. The van der Waals surface area contributed by atoms with E-state index in [1.165, 1.54) is 0 Å². The monoisotopic (exact) mass is 223 g/mol. The summed E-state index contributed by atoms with van der Waals surface area (Å²) in [5, 5.41) is 26.2. The lowest BCUT2D eigenvalue weighted by Crippen LogP contribution is -2.13. The van der Waals surface area contributed by atoms with E-state index in [4.69, 9.17) is 15.5 Å². The number of benzene rings is 1. The van der Waals surface area contributed by atoms with Crippen LogP contribution < -0.4 is 0 Å². The van der Waals surface area contributed by atoms with Crippen LogP contribution in [0.25, 0.3) is 0 Å². The highest BCUT2D eigenvalue weighted by molar-refractivity contribution is 5.81. The number of nitrogens with zero attached hydrogens (tertiary/aromatic N) is 1. The molecule has 0 bridgehead atoms. The Balaban J connectivity index is 3.42. The van der Waals surface area contributed by atoms with Gasteiger partial charge in [-0.25, -0.2) is 9.18 Å². The van der Waals surface area contributed by atoms with E-state index in [0.29, 0.717) is 0 Å². The first kappa shape index (κ1) is 11.8. The van der Waals surface area contributed by atoms with Gasteiger partial charge in [0.25, 0.3) is 0 Å². The standard InChI is InChI=1S/C10H6FNO4/c11-8-6(9(14)10(15)16)2-1-5(3-12)7(8)4-13/h1-2,4,9,14H,(H,15,16). The largest absolute Gasteiger partial charge is 0.479 e. The van der Waals surface area contributed by atoms with Crippen molar-refractivity contribution in [1.82, 2.24) is 0 Å². The molecule has 0 radical (unpaired) electrons. The molecule has 0 amide bonds. The summed E-state index contributed by atoms with van der Waals surface area (Å²) in [5.74, 6) is -2.83. The summed E-state index contributed by atoms with van der Waals surface area (Å²) in [7, 11) is 0. The van der Waals surface area contributed by atoms with E-state index in [9.17, 15) is 14.0 Å². The molecule has 1 aromatic rings. The van der Waals surface area contributed by atoms with E-state index < -0.39 is 29.0 Å². The first-order chi connectivity index (χ1) is 7.52. The zero-order chi connectivity index (χ0) is 12.3. The predicted octanol–water partition coefficient (Wildman–Crippen LogP) is 0.628. The van der Waals surface area contributed by atoms with Crippen molar-refractivity contribution in [3.05, 3.63) is 34.6 Å². The number of aldehydes is 1. The van der Waals surface area contributed by atoms with Crippen molar-refractivity contribution >= 4 is 12.3 Å². The Labute approximate surface area is 89.4 Å². The van der Waals surface area contributed by atoms with Gasteiger partial charge >= 0.3 is 5.97 Å². The highest BCUT2D eigenvalue weighted by Crippen LogP contribution is 2.22. The summed E-state index contributed by atoms with van der Waals surface area (Å²) in [5.41, 5.74) is -1.32. The number of hydrogen-bond donors (Lipinski definition) is 2. The van der Waals surface area contributed by atoms with Crippen LogP contribution in [-0.4, -0.2) is 22.5 Å². The fourth-order valence-electron chi connectivity index (χ4n) is 1.17. The van der Waals surface area contributed by atoms with Crippen molar-refractivity contribution in [2.75, 3.05) is 0 Å². The molecule has 2 N–H and O–H groups in total. The number of nitriles is 1. The number of rotatable bonds is 3. The Bertz CT molecular complexity index is 492. The van der Waals surface area contributed by atoms with Crippen LogP contribution in [0.4, 0.5) is 4.39 Å². The highest BCUT2D eigenvalue weighted by atomic mass is 19.1. The number of aliphatic hydroxyl groups excluding tert-OH is 1. The minimum atomic E-state index is -2.06. The van der Waals surface area contributed by atoms with Crippen LogP contribution in [0.3, 0.4) is 0 Å². The molecule has 0 aromatic heterocycles. The summed E-state index contributed by atoms with van der Waals surface area (Å²) in [6.07, 6.45) is -1.96. The second-order valence-electron chi connectivity index (χ2n) is 2.90. The van der Waals surface area contributed by atoms with Crippen molar-refractivity contribution in [1.29, 1.82) is 5.26 Å². The van der Waals surface area contributed by atoms with Gasteiger partial charge < -0.3 is 10.2 Å². The van der Waals surface area contributed by atoms with Gasteiger partial charge in [-0.05, 0) is 6.07 Å². The second kappa shape index (κ2) is 4.51. The van der Waals surface area contributed by atoms with Gasteiger partial charge in [-0.15, -0.1) is 0 Å². The molecule has 82 valence electrons. The quantitative estimate of drug-likeness (QED) is 0.732. The lowest BCUT2D eigenvalue weighted by molar-refractivity contribution is -0.147. The van der Waals surface area contributed by atoms with E-state index in [0.717, 1.165) is 12.1 Å². The highest BCUT2D eigenvalue weighted by Gasteiger charge is 2.23. The summed E-state index contributed by atoms with van der Waals surface area (Å²) < 4.78 is 13.5. The number of carboxylic acids is 1. The Morgan fingerprint density at radius 3 is 2.62 bits per heavy atom. The van der Waals surface area contributed by atoms with Crippen LogP contribution in [0, 0.1) is 17.1 Å². The average molecular weight is 223 g/mol. The van der Waals surface area contributed by atoms with Gasteiger partial charge in [-0.2, -0.15) is 5.26 Å². The molecule has 16 heavy (non-hydrogen) atoms. The molecule has 0 saturated carbocycles. The van der Waals surface area contributed by atoms with Gasteiger partial charge in [-0.3, -0.25) is 4.79 Å². The van der Waals surface area contributed by atoms with Crippen LogP contribution >= 0.6 is 0 Å². The third-order valence-corrected chi connectivity index (χ3v) is 1.98. The van der Waals surface area contributed by atoms with Crippen LogP contribution in [0.2, 0.25) is 0 Å². The summed E-state index contributed by atoms with van der Waals surface area (Å²) in [4.78, 5) is 21.0. The van der Waals surface area contributed by atoms with Gasteiger partial charge in [0.2, 0.25) is 0 Å². The molecule has 0 fully saturated rings. The normalized spacial score (nSPS) is 11.6. The fourth-order valence-corrected chi connectivity index (χ4v) is 1.17. The number of hydrogen-bond acceptors (Lipinski definition) is 4. The number of carbonyl (C=O) groups excluding carboxylic acids is 1.